The molecule has 1 aromatic carbocycles. The molecule has 0 radical (unpaired) electrons. The molecule has 2 aromatic heterocycles. The second kappa shape index (κ2) is 6.13. The summed E-state index contributed by atoms with van der Waals surface area (Å²) in [6, 6.07) is 14.2. The van der Waals surface area contributed by atoms with Crippen molar-refractivity contribution in [2.75, 3.05) is 4.72 Å². The van der Waals surface area contributed by atoms with Crippen LogP contribution in [0.25, 0.3) is 11.3 Å². The lowest BCUT2D eigenvalue weighted by Crippen LogP contribution is -2.15. The molecule has 0 unspecified atom stereocenters. The minimum atomic E-state index is -3.74. The summed E-state index contributed by atoms with van der Waals surface area (Å²) in [4.78, 5) is 4.09. The van der Waals surface area contributed by atoms with Crippen molar-refractivity contribution in [2.45, 2.75) is 25.8 Å². The molecule has 0 saturated carbocycles. The lowest BCUT2D eigenvalue weighted by atomic mass is 10.1. The maximum absolute atomic E-state index is 12.6. The van der Waals surface area contributed by atoms with Gasteiger partial charge >= 0.3 is 0 Å². The van der Waals surface area contributed by atoms with E-state index in [4.69, 9.17) is 4.42 Å². The molecule has 0 aliphatic heterocycles. The minimum Gasteiger partial charge on any atom is -0.461 e. The Morgan fingerprint density at radius 2 is 1.79 bits per heavy atom. The highest BCUT2D eigenvalue weighted by atomic mass is 32.2. The van der Waals surface area contributed by atoms with Crippen LogP contribution in [0.4, 0.5) is 5.69 Å². The Morgan fingerprint density at radius 1 is 1.00 bits per heavy atom. The third kappa shape index (κ3) is 3.33. The number of sulfonamides is 1. The van der Waals surface area contributed by atoms with Gasteiger partial charge in [-0.1, -0.05) is 18.2 Å². The van der Waals surface area contributed by atoms with Crippen LogP contribution in [0.3, 0.4) is 0 Å². The molecule has 5 nitrogen and oxygen atoms in total. The van der Waals surface area contributed by atoms with Crippen LogP contribution in [-0.4, -0.2) is 13.4 Å². The van der Waals surface area contributed by atoms with Crippen LogP contribution in [0.2, 0.25) is 0 Å². The molecule has 0 fully saturated rings. The van der Waals surface area contributed by atoms with Gasteiger partial charge in [0.15, 0.2) is 5.03 Å². The number of anilines is 1. The van der Waals surface area contributed by atoms with Crippen LogP contribution in [0, 0.1) is 20.8 Å². The average molecular weight is 342 g/mol. The van der Waals surface area contributed by atoms with E-state index in [9.17, 15) is 8.42 Å². The molecule has 6 heteroatoms. The first-order valence-electron chi connectivity index (χ1n) is 7.49. The van der Waals surface area contributed by atoms with Crippen molar-refractivity contribution in [3.63, 3.8) is 0 Å². The predicted octanol–water partition coefficient (Wildman–Crippen LogP) is 4.07. The molecule has 1 N–H and O–H groups in total. The van der Waals surface area contributed by atoms with E-state index in [1.54, 1.807) is 25.1 Å². The number of nitrogens with zero attached hydrogens (tertiary/aromatic N) is 1. The van der Waals surface area contributed by atoms with E-state index >= 15 is 0 Å². The Morgan fingerprint density at radius 3 is 2.46 bits per heavy atom. The third-order valence-corrected chi connectivity index (χ3v) is 4.91. The first-order chi connectivity index (χ1) is 11.3. The number of pyridine rings is 1. The van der Waals surface area contributed by atoms with Crippen LogP contribution in [0.15, 0.2) is 58.0 Å². The molecular weight excluding hydrogens is 324 g/mol. The van der Waals surface area contributed by atoms with Gasteiger partial charge in [0.25, 0.3) is 10.0 Å². The number of benzene rings is 1. The average Bonchev–Trinajstić information content (AvgIpc) is 2.96. The second-order valence-electron chi connectivity index (χ2n) is 5.66. The normalized spacial score (nSPS) is 11.5. The zero-order chi connectivity index (χ0) is 17.3. The number of rotatable bonds is 4. The highest BCUT2D eigenvalue weighted by Gasteiger charge is 2.17. The standard InChI is InChI=1S/C18H18N2O3S/c1-12-7-9-15(17-10-8-14(3)23-17)11-16(12)20-24(21,22)18-6-4-5-13(2)19-18/h4-11,20H,1-3H3. The van der Waals surface area contributed by atoms with Gasteiger partial charge in [0.1, 0.15) is 11.5 Å². The quantitative estimate of drug-likeness (QED) is 0.776. The number of aryl methyl sites for hydroxylation is 3. The summed E-state index contributed by atoms with van der Waals surface area (Å²) in [5, 5.41) is 0.00106. The molecule has 0 amide bonds. The first-order valence-corrected chi connectivity index (χ1v) is 8.97. The van der Waals surface area contributed by atoms with Crippen LogP contribution in [0.1, 0.15) is 17.0 Å². The molecule has 124 valence electrons. The number of aromatic nitrogens is 1. The van der Waals surface area contributed by atoms with Gasteiger partial charge in [-0.25, -0.2) is 4.98 Å². The number of hydrogen-bond acceptors (Lipinski definition) is 4. The molecule has 0 spiro atoms. The Kier molecular flexibility index (Phi) is 4.15. The van der Waals surface area contributed by atoms with Crippen LogP contribution >= 0.6 is 0 Å². The molecule has 0 saturated heterocycles. The van der Waals surface area contributed by atoms with E-state index < -0.39 is 10.0 Å². The van der Waals surface area contributed by atoms with E-state index in [-0.39, 0.29) is 5.03 Å². The molecule has 0 bridgehead atoms. The lowest BCUT2D eigenvalue weighted by Gasteiger charge is -2.11. The molecule has 3 aromatic rings. The predicted molar refractivity (Wildman–Crippen MR) is 93.4 cm³/mol. The second-order valence-corrected chi connectivity index (χ2v) is 7.29. The maximum Gasteiger partial charge on any atom is 0.279 e. The van der Waals surface area contributed by atoms with Crippen LogP contribution < -0.4 is 4.72 Å². The largest absolute Gasteiger partial charge is 0.461 e. The molecule has 24 heavy (non-hydrogen) atoms. The topological polar surface area (TPSA) is 72.2 Å². The number of nitrogens with one attached hydrogen (secondary N) is 1. The maximum atomic E-state index is 12.6. The molecule has 3 rings (SSSR count). The van der Waals surface area contributed by atoms with Crippen molar-refractivity contribution >= 4 is 15.7 Å². The highest BCUT2D eigenvalue weighted by molar-refractivity contribution is 7.92. The summed E-state index contributed by atoms with van der Waals surface area (Å²) >= 11 is 0. The van der Waals surface area contributed by atoms with Gasteiger partial charge in [-0.2, -0.15) is 8.42 Å². The summed E-state index contributed by atoms with van der Waals surface area (Å²) in [6.07, 6.45) is 0. The van der Waals surface area contributed by atoms with Gasteiger partial charge in [-0.3, -0.25) is 4.72 Å². The molecule has 0 aliphatic carbocycles. The molecule has 0 atom stereocenters. The fraction of sp³-hybridized carbons (Fsp3) is 0.167. The van der Waals surface area contributed by atoms with Gasteiger partial charge < -0.3 is 4.42 Å². The van der Waals surface area contributed by atoms with Gasteiger partial charge in [0.05, 0.1) is 5.69 Å². The Hall–Kier alpha value is -2.60. The number of hydrogen-bond donors (Lipinski definition) is 1. The molecule has 0 aliphatic rings. The van der Waals surface area contributed by atoms with Crippen molar-refractivity contribution in [2.24, 2.45) is 0 Å². The van der Waals surface area contributed by atoms with Crippen LogP contribution in [0.5, 0.6) is 0 Å². The zero-order valence-corrected chi connectivity index (χ0v) is 14.5. The summed E-state index contributed by atoms with van der Waals surface area (Å²) in [7, 11) is -3.74. The van der Waals surface area contributed by atoms with E-state index in [0.29, 0.717) is 17.1 Å². The van der Waals surface area contributed by atoms with Gasteiger partial charge in [0, 0.05) is 11.3 Å². The monoisotopic (exact) mass is 342 g/mol. The lowest BCUT2D eigenvalue weighted by molar-refractivity contribution is 0.548. The Bertz CT molecular complexity index is 991. The van der Waals surface area contributed by atoms with Crippen molar-refractivity contribution in [1.29, 1.82) is 0 Å². The Labute approximate surface area is 141 Å². The van der Waals surface area contributed by atoms with E-state index in [1.807, 2.05) is 38.1 Å². The van der Waals surface area contributed by atoms with Crippen molar-refractivity contribution in [1.82, 2.24) is 4.98 Å². The van der Waals surface area contributed by atoms with Crippen LogP contribution in [-0.2, 0) is 10.0 Å². The Balaban J connectivity index is 1.97. The van der Waals surface area contributed by atoms with E-state index in [2.05, 4.69) is 9.71 Å². The van der Waals surface area contributed by atoms with Crippen molar-refractivity contribution in [3.05, 3.63) is 65.5 Å². The minimum absolute atomic E-state index is 0.00106. The first kappa shape index (κ1) is 16.3. The summed E-state index contributed by atoms with van der Waals surface area (Å²) in [6.45, 7) is 5.47. The van der Waals surface area contributed by atoms with E-state index in [0.717, 1.165) is 16.9 Å². The van der Waals surface area contributed by atoms with E-state index in [1.165, 1.54) is 6.07 Å². The van der Waals surface area contributed by atoms with Gasteiger partial charge in [-0.15, -0.1) is 0 Å². The molecule has 2 heterocycles. The molecular formula is C18H18N2O3S. The smallest absolute Gasteiger partial charge is 0.279 e. The summed E-state index contributed by atoms with van der Waals surface area (Å²) in [5.41, 5.74) is 2.78. The number of furan rings is 1. The summed E-state index contributed by atoms with van der Waals surface area (Å²) < 4.78 is 33.3. The third-order valence-electron chi connectivity index (χ3n) is 3.64. The zero-order valence-electron chi connectivity index (χ0n) is 13.7. The van der Waals surface area contributed by atoms with Gasteiger partial charge in [-0.05, 0) is 56.7 Å². The highest BCUT2D eigenvalue weighted by Crippen LogP contribution is 2.28. The van der Waals surface area contributed by atoms with Gasteiger partial charge in [0.2, 0.25) is 0 Å². The van der Waals surface area contributed by atoms with Crippen molar-refractivity contribution < 1.29 is 12.8 Å². The fourth-order valence-electron chi connectivity index (χ4n) is 2.34. The van der Waals surface area contributed by atoms with Crippen molar-refractivity contribution in [3.8, 4) is 11.3 Å². The SMILES string of the molecule is Cc1cccc(S(=O)(=O)Nc2cc(-c3ccc(C)o3)ccc2C)n1. The fourth-order valence-corrected chi connectivity index (χ4v) is 3.48. The summed E-state index contributed by atoms with van der Waals surface area (Å²) in [5.74, 6) is 1.50.